The van der Waals surface area contributed by atoms with Crippen LogP contribution < -0.4 is 10.6 Å². The molecule has 122 valence electrons. The van der Waals surface area contributed by atoms with Crippen LogP contribution in [-0.2, 0) is 20.0 Å². The number of aromatic nitrogens is 2. The van der Waals surface area contributed by atoms with Crippen LogP contribution >= 0.6 is 51.2 Å². The van der Waals surface area contributed by atoms with Crippen molar-refractivity contribution < 1.29 is 0 Å². The molecule has 0 bridgehead atoms. The molecule has 0 aliphatic carbocycles. The van der Waals surface area contributed by atoms with Crippen molar-refractivity contribution in [3.8, 4) is 0 Å². The smallest absolute Gasteiger partial charge is 0.191 e. The van der Waals surface area contributed by atoms with Gasteiger partial charge >= 0.3 is 0 Å². The first kappa shape index (κ1) is 19.4. The van der Waals surface area contributed by atoms with E-state index < -0.39 is 0 Å². The van der Waals surface area contributed by atoms with E-state index in [1.165, 1.54) is 8.66 Å². The number of rotatable bonds is 6. The van der Waals surface area contributed by atoms with Gasteiger partial charge in [-0.2, -0.15) is 5.10 Å². The van der Waals surface area contributed by atoms with Crippen LogP contribution in [-0.4, -0.2) is 28.8 Å². The first-order chi connectivity index (χ1) is 10.2. The first-order valence-corrected chi connectivity index (χ1v) is 8.53. The molecule has 2 N–H and O–H groups in total. The fourth-order valence-corrected chi connectivity index (χ4v) is 3.33. The van der Waals surface area contributed by atoms with Gasteiger partial charge in [0.25, 0.3) is 0 Å². The van der Waals surface area contributed by atoms with Crippen molar-refractivity contribution in [1.29, 1.82) is 0 Å². The van der Waals surface area contributed by atoms with E-state index >= 15 is 0 Å². The fourth-order valence-electron chi connectivity index (χ4n) is 1.85. The number of nitrogens with one attached hydrogen (secondary N) is 2. The van der Waals surface area contributed by atoms with Crippen molar-refractivity contribution >= 4 is 57.2 Å². The summed E-state index contributed by atoms with van der Waals surface area (Å²) in [4.78, 5) is 5.94. The standard InChI is InChI=1S/C14H20BrN5S.HI/c1-3-16-14(18-10-11-6-9-19-20(11)2)17-8-7-12-4-5-13(15)21-12;/h4-6,9H,3,7-8,10H2,1-2H3,(H2,16,17,18);1H. The van der Waals surface area contributed by atoms with Crippen molar-refractivity contribution in [1.82, 2.24) is 20.4 Å². The van der Waals surface area contributed by atoms with Crippen LogP contribution in [0, 0.1) is 0 Å². The highest BCUT2D eigenvalue weighted by Crippen LogP contribution is 2.21. The first-order valence-electron chi connectivity index (χ1n) is 6.92. The molecule has 2 aromatic rings. The molecule has 0 saturated carbocycles. The summed E-state index contributed by atoms with van der Waals surface area (Å²) in [5, 5.41) is 10.8. The van der Waals surface area contributed by atoms with Gasteiger partial charge in [0.1, 0.15) is 0 Å². The van der Waals surface area contributed by atoms with E-state index in [0.29, 0.717) is 6.54 Å². The van der Waals surface area contributed by atoms with E-state index in [1.54, 1.807) is 17.5 Å². The van der Waals surface area contributed by atoms with Crippen molar-refractivity contribution in [3.05, 3.63) is 38.8 Å². The van der Waals surface area contributed by atoms with Crippen molar-refractivity contribution in [3.63, 3.8) is 0 Å². The molecule has 5 nitrogen and oxygen atoms in total. The van der Waals surface area contributed by atoms with E-state index in [1.807, 2.05) is 17.8 Å². The Morgan fingerprint density at radius 2 is 2.18 bits per heavy atom. The van der Waals surface area contributed by atoms with Gasteiger partial charge in [0.2, 0.25) is 0 Å². The number of nitrogens with zero attached hydrogens (tertiary/aromatic N) is 3. The molecule has 0 fully saturated rings. The minimum absolute atomic E-state index is 0. The minimum Gasteiger partial charge on any atom is -0.357 e. The second-order valence-electron chi connectivity index (χ2n) is 4.52. The highest BCUT2D eigenvalue weighted by molar-refractivity contribution is 14.0. The number of hydrogen-bond donors (Lipinski definition) is 2. The van der Waals surface area contributed by atoms with Gasteiger partial charge in [-0.05, 0) is 47.5 Å². The quantitative estimate of drug-likeness (QED) is 0.366. The zero-order valence-electron chi connectivity index (χ0n) is 12.7. The Morgan fingerprint density at radius 3 is 2.77 bits per heavy atom. The predicted molar refractivity (Wildman–Crippen MR) is 107 cm³/mol. The highest BCUT2D eigenvalue weighted by Gasteiger charge is 2.01. The summed E-state index contributed by atoms with van der Waals surface area (Å²) < 4.78 is 3.02. The molecule has 0 spiro atoms. The van der Waals surface area contributed by atoms with E-state index in [2.05, 4.69) is 55.7 Å². The molecule has 2 rings (SSSR count). The van der Waals surface area contributed by atoms with Crippen LogP contribution in [0.1, 0.15) is 17.5 Å². The molecular weight excluding hydrogens is 477 g/mol. The molecule has 0 aromatic carbocycles. The summed E-state index contributed by atoms with van der Waals surface area (Å²) in [5.41, 5.74) is 1.09. The zero-order chi connectivity index (χ0) is 15.1. The van der Waals surface area contributed by atoms with Gasteiger partial charge in [-0.15, -0.1) is 35.3 Å². The van der Waals surface area contributed by atoms with Gasteiger partial charge in [0, 0.05) is 31.2 Å². The Kier molecular flexibility index (Phi) is 9.03. The predicted octanol–water partition coefficient (Wildman–Crippen LogP) is 3.16. The Bertz CT molecular complexity index is 596. The lowest BCUT2D eigenvalue weighted by Gasteiger charge is -2.10. The molecule has 2 aromatic heterocycles. The number of hydrogen-bond acceptors (Lipinski definition) is 3. The van der Waals surface area contributed by atoms with Crippen LogP contribution in [0.15, 0.2) is 33.2 Å². The molecule has 22 heavy (non-hydrogen) atoms. The average Bonchev–Trinajstić information content (AvgIpc) is 3.05. The Balaban J connectivity index is 0.00000242. The summed E-state index contributed by atoms with van der Waals surface area (Å²) in [5.74, 6) is 0.842. The summed E-state index contributed by atoms with van der Waals surface area (Å²) in [6, 6.07) is 6.22. The highest BCUT2D eigenvalue weighted by atomic mass is 127. The van der Waals surface area contributed by atoms with E-state index in [4.69, 9.17) is 0 Å². The molecule has 0 saturated heterocycles. The largest absolute Gasteiger partial charge is 0.357 e. The molecule has 2 heterocycles. The molecule has 0 atom stereocenters. The average molecular weight is 498 g/mol. The van der Waals surface area contributed by atoms with Crippen LogP contribution in [0.4, 0.5) is 0 Å². The maximum absolute atomic E-state index is 4.58. The fraction of sp³-hybridized carbons (Fsp3) is 0.429. The van der Waals surface area contributed by atoms with Crippen molar-refractivity contribution in [2.75, 3.05) is 13.1 Å². The third kappa shape index (κ3) is 6.25. The second-order valence-corrected chi connectivity index (χ2v) is 7.07. The van der Waals surface area contributed by atoms with Crippen LogP contribution in [0.3, 0.4) is 0 Å². The Labute approximate surface area is 160 Å². The minimum atomic E-state index is 0. The molecule has 0 amide bonds. The van der Waals surface area contributed by atoms with Crippen LogP contribution in [0.5, 0.6) is 0 Å². The number of guanidine groups is 1. The monoisotopic (exact) mass is 497 g/mol. The number of aliphatic imine (C=N–C) groups is 1. The lowest BCUT2D eigenvalue weighted by atomic mass is 10.3. The third-order valence-electron chi connectivity index (χ3n) is 2.96. The van der Waals surface area contributed by atoms with Gasteiger partial charge in [0.15, 0.2) is 5.96 Å². The molecule has 0 unspecified atom stereocenters. The summed E-state index contributed by atoms with van der Waals surface area (Å²) in [6.07, 6.45) is 2.78. The zero-order valence-corrected chi connectivity index (χ0v) is 17.4. The van der Waals surface area contributed by atoms with E-state index in [9.17, 15) is 0 Å². The SMILES string of the molecule is CCNC(=NCc1ccnn1C)NCCc1ccc(Br)s1.I. The van der Waals surface area contributed by atoms with Gasteiger partial charge in [-0.3, -0.25) is 4.68 Å². The van der Waals surface area contributed by atoms with E-state index in [0.717, 1.165) is 31.2 Å². The van der Waals surface area contributed by atoms with Gasteiger partial charge in [-0.25, -0.2) is 4.99 Å². The molecule has 0 radical (unpaired) electrons. The number of thiophene rings is 1. The van der Waals surface area contributed by atoms with Crippen LogP contribution in [0.25, 0.3) is 0 Å². The molecule has 0 aliphatic heterocycles. The summed E-state index contributed by atoms with van der Waals surface area (Å²) in [7, 11) is 1.93. The van der Waals surface area contributed by atoms with E-state index in [-0.39, 0.29) is 24.0 Å². The van der Waals surface area contributed by atoms with Gasteiger partial charge in [0.05, 0.1) is 16.0 Å². The Morgan fingerprint density at radius 1 is 1.36 bits per heavy atom. The van der Waals surface area contributed by atoms with Crippen LogP contribution in [0.2, 0.25) is 0 Å². The summed E-state index contributed by atoms with van der Waals surface area (Å²) in [6.45, 7) is 4.40. The molecular formula is C14H21BrIN5S. The maximum atomic E-state index is 4.58. The topological polar surface area (TPSA) is 54.2 Å². The number of aryl methyl sites for hydroxylation is 1. The normalized spacial score (nSPS) is 11.1. The lowest BCUT2D eigenvalue weighted by Crippen LogP contribution is -2.38. The maximum Gasteiger partial charge on any atom is 0.191 e. The molecule has 0 aliphatic rings. The van der Waals surface area contributed by atoms with Gasteiger partial charge < -0.3 is 10.6 Å². The van der Waals surface area contributed by atoms with Crippen molar-refractivity contribution in [2.24, 2.45) is 12.0 Å². The lowest BCUT2D eigenvalue weighted by molar-refractivity contribution is 0.707. The van der Waals surface area contributed by atoms with Gasteiger partial charge in [-0.1, -0.05) is 0 Å². The molecule has 8 heteroatoms. The second kappa shape index (κ2) is 10.2. The number of halogens is 2. The third-order valence-corrected chi connectivity index (χ3v) is 4.64. The van der Waals surface area contributed by atoms with Crippen molar-refractivity contribution in [2.45, 2.75) is 19.9 Å². The summed E-state index contributed by atoms with van der Waals surface area (Å²) >= 11 is 5.26. The Hall–Kier alpha value is -0.610.